The van der Waals surface area contributed by atoms with Gasteiger partial charge in [-0.3, -0.25) is 18.7 Å². The number of nitrogens with one attached hydrogen (secondary N) is 1. The Labute approximate surface area is 142 Å². The monoisotopic (exact) mass is 343 g/mol. The molecule has 3 rings (SSSR count). The maximum Gasteiger partial charge on any atom is 0.308 e. The summed E-state index contributed by atoms with van der Waals surface area (Å²) in [5, 5.41) is 2.81. The lowest BCUT2D eigenvalue weighted by Crippen LogP contribution is -2.30. The van der Waals surface area contributed by atoms with Crippen LogP contribution in [0.4, 0.5) is 0 Å². The van der Waals surface area contributed by atoms with Crippen molar-refractivity contribution in [2.24, 2.45) is 0 Å². The topological polar surface area (TPSA) is 81.8 Å². The molecule has 0 saturated heterocycles. The number of hydrogen-bond acceptors (Lipinski definition) is 5. The molecule has 0 aliphatic carbocycles. The molecule has 7 nitrogen and oxygen atoms in total. The van der Waals surface area contributed by atoms with E-state index in [4.69, 9.17) is 0 Å². The number of imidazole rings is 1. The molecule has 0 saturated carbocycles. The van der Waals surface area contributed by atoms with Crippen LogP contribution in [0.2, 0.25) is 0 Å². The number of nitrogens with zero attached hydrogens (tertiary/aromatic N) is 4. The summed E-state index contributed by atoms with van der Waals surface area (Å²) in [6, 6.07) is 3.76. The summed E-state index contributed by atoms with van der Waals surface area (Å²) in [7, 11) is 0. The third kappa shape index (κ3) is 3.43. The average molecular weight is 343 g/mol. The van der Waals surface area contributed by atoms with Gasteiger partial charge in [-0.1, -0.05) is 17.4 Å². The van der Waals surface area contributed by atoms with E-state index in [1.807, 2.05) is 32.2 Å². The van der Waals surface area contributed by atoms with E-state index >= 15 is 0 Å². The van der Waals surface area contributed by atoms with Gasteiger partial charge in [0, 0.05) is 35.7 Å². The fraction of sp³-hybridized carbons (Fsp3) is 0.250. The Morgan fingerprint density at radius 3 is 2.75 bits per heavy atom. The predicted molar refractivity (Wildman–Crippen MR) is 91.3 cm³/mol. The van der Waals surface area contributed by atoms with Crippen molar-refractivity contribution in [3.8, 4) is 5.82 Å². The Hall–Kier alpha value is -2.74. The highest BCUT2D eigenvalue weighted by molar-refractivity contribution is 7.09. The molecule has 3 heterocycles. The number of carbonyl (C=O) groups excluding carboxylic acids is 1. The van der Waals surface area contributed by atoms with Crippen LogP contribution in [0.1, 0.15) is 16.1 Å². The molecule has 0 bridgehead atoms. The quantitative estimate of drug-likeness (QED) is 0.760. The van der Waals surface area contributed by atoms with E-state index in [-0.39, 0.29) is 17.3 Å². The Morgan fingerprint density at radius 2 is 2.17 bits per heavy atom. The first-order chi connectivity index (χ1) is 11.5. The van der Waals surface area contributed by atoms with Gasteiger partial charge in [-0.2, -0.15) is 0 Å². The van der Waals surface area contributed by atoms with Crippen LogP contribution in [-0.2, 0) is 17.9 Å². The number of rotatable bonds is 5. The van der Waals surface area contributed by atoms with E-state index < -0.39 is 0 Å². The lowest BCUT2D eigenvalue weighted by molar-refractivity contribution is -0.121. The number of amides is 1. The van der Waals surface area contributed by atoms with E-state index in [0.717, 1.165) is 33.3 Å². The summed E-state index contributed by atoms with van der Waals surface area (Å²) < 4.78 is 3.30. The van der Waals surface area contributed by atoms with Gasteiger partial charge < -0.3 is 5.32 Å². The van der Waals surface area contributed by atoms with Gasteiger partial charge in [-0.25, -0.2) is 9.97 Å². The molecule has 1 N–H and O–H groups in total. The van der Waals surface area contributed by atoms with Crippen molar-refractivity contribution < 1.29 is 4.79 Å². The number of aromatic nitrogens is 4. The van der Waals surface area contributed by atoms with Crippen LogP contribution in [0.15, 0.2) is 41.8 Å². The van der Waals surface area contributed by atoms with Crippen molar-refractivity contribution in [1.29, 1.82) is 0 Å². The first-order valence-corrected chi connectivity index (χ1v) is 8.23. The summed E-state index contributed by atoms with van der Waals surface area (Å²) in [5.74, 6) is 0.565. The van der Waals surface area contributed by atoms with Crippen LogP contribution in [0.3, 0.4) is 0 Å². The zero-order chi connectivity index (χ0) is 17.1. The third-order valence-electron chi connectivity index (χ3n) is 3.74. The molecule has 3 aromatic rings. The van der Waals surface area contributed by atoms with Crippen molar-refractivity contribution in [2.75, 3.05) is 0 Å². The van der Waals surface area contributed by atoms with Crippen molar-refractivity contribution in [2.45, 2.75) is 26.9 Å². The van der Waals surface area contributed by atoms with Crippen LogP contribution in [-0.4, -0.2) is 25.0 Å². The standard InChI is InChI=1S/C16H17N5O2S/c1-11-12(2)24-16(23)21(11)9-15(22)19-8-13-3-4-14(18-7-13)20-6-5-17-10-20/h3-7,10H,8-9H2,1-2H3,(H,19,22). The molecule has 24 heavy (non-hydrogen) atoms. The minimum Gasteiger partial charge on any atom is -0.350 e. The smallest absolute Gasteiger partial charge is 0.308 e. The molecule has 0 atom stereocenters. The molecule has 0 unspecified atom stereocenters. The second-order valence-corrected chi connectivity index (χ2v) is 6.53. The highest BCUT2D eigenvalue weighted by Gasteiger charge is 2.11. The Kier molecular flexibility index (Phi) is 4.57. The maximum atomic E-state index is 12.1. The lowest BCUT2D eigenvalue weighted by Gasteiger charge is -2.08. The van der Waals surface area contributed by atoms with Crippen LogP contribution < -0.4 is 10.2 Å². The van der Waals surface area contributed by atoms with Crippen molar-refractivity contribution >= 4 is 17.2 Å². The van der Waals surface area contributed by atoms with Crippen molar-refractivity contribution in [1.82, 2.24) is 24.4 Å². The van der Waals surface area contributed by atoms with E-state index in [1.165, 1.54) is 4.57 Å². The molecule has 0 spiro atoms. The van der Waals surface area contributed by atoms with Crippen LogP contribution in [0.25, 0.3) is 5.82 Å². The van der Waals surface area contributed by atoms with Crippen LogP contribution in [0, 0.1) is 13.8 Å². The Morgan fingerprint density at radius 1 is 1.33 bits per heavy atom. The van der Waals surface area contributed by atoms with Crippen LogP contribution >= 0.6 is 11.3 Å². The first-order valence-electron chi connectivity index (χ1n) is 7.41. The summed E-state index contributed by atoms with van der Waals surface area (Å²) in [6.45, 7) is 4.13. The average Bonchev–Trinajstić information content (AvgIpc) is 3.18. The number of thiazole rings is 1. The summed E-state index contributed by atoms with van der Waals surface area (Å²) in [5.41, 5.74) is 1.73. The zero-order valence-corrected chi connectivity index (χ0v) is 14.2. The molecular weight excluding hydrogens is 326 g/mol. The van der Waals surface area contributed by atoms with Gasteiger partial charge in [0.1, 0.15) is 18.7 Å². The predicted octanol–water partition coefficient (Wildman–Crippen LogP) is 1.42. The molecule has 0 radical (unpaired) electrons. The molecule has 8 heteroatoms. The summed E-state index contributed by atoms with van der Waals surface area (Å²) >= 11 is 1.16. The minimum absolute atomic E-state index is 0.0373. The maximum absolute atomic E-state index is 12.1. The summed E-state index contributed by atoms with van der Waals surface area (Å²) in [6.07, 6.45) is 6.88. The molecule has 124 valence electrons. The number of pyridine rings is 1. The van der Waals surface area contributed by atoms with Gasteiger partial charge in [-0.05, 0) is 25.5 Å². The fourth-order valence-electron chi connectivity index (χ4n) is 2.24. The van der Waals surface area contributed by atoms with Crippen molar-refractivity contribution in [3.63, 3.8) is 0 Å². The molecule has 0 fully saturated rings. The van der Waals surface area contributed by atoms with E-state index in [1.54, 1.807) is 23.3 Å². The Balaban J connectivity index is 1.59. The van der Waals surface area contributed by atoms with Crippen LogP contribution in [0.5, 0.6) is 0 Å². The Bertz CT molecular complexity index is 894. The summed E-state index contributed by atoms with van der Waals surface area (Å²) in [4.78, 5) is 33.0. The molecule has 3 aromatic heterocycles. The lowest BCUT2D eigenvalue weighted by atomic mass is 10.3. The van der Waals surface area contributed by atoms with Gasteiger partial charge in [-0.15, -0.1) is 0 Å². The number of aryl methyl sites for hydroxylation is 1. The second-order valence-electron chi connectivity index (χ2n) is 5.37. The van der Waals surface area contributed by atoms with E-state index in [0.29, 0.717) is 6.54 Å². The molecule has 1 amide bonds. The SMILES string of the molecule is Cc1sc(=O)n(CC(=O)NCc2ccc(-n3ccnc3)nc2)c1C. The first kappa shape index (κ1) is 16.1. The normalized spacial score (nSPS) is 10.8. The van der Waals surface area contributed by atoms with Crippen molar-refractivity contribution in [3.05, 3.63) is 62.9 Å². The third-order valence-corrected chi connectivity index (χ3v) is 4.74. The zero-order valence-electron chi connectivity index (χ0n) is 13.4. The van der Waals surface area contributed by atoms with Gasteiger partial charge >= 0.3 is 4.87 Å². The molecule has 0 aliphatic heterocycles. The number of hydrogen-bond donors (Lipinski definition) is 1. The van der Waals surface area contributed by atoms with Gasteiger partial charge in [0.15, 0.2) is 0 Å². The van der Waals surface area contributed by atoms with Gasteiger partial charge in [0.25, 0.3) is 0 Å². The highest BCUT2D eigenvalue weighted by Crippen LogP contribution is 2.09. The van der Waals surface area contributed by atoms with Gasteiger partial charge in [0.2, 0.25) is 5.91 Å². The highest BCUT2D eigenvalue weighted by atomic mass is 32.1. The molecular formula is C16H17N5O2S. The van der Waals surface area contributed by atoms with E-state index in [2.05, 4.69) is 15.3 Å². The molecule has 0 aromatic carbocycles. The van der Waals surface area contributed by atoms with Gasteiger partial charge in [0.05, 0.1) is 0 Å². The fourth-order valence-corrected chi connectivity index (χ4v) is 3.07. The number of carbonyl (C=O) groups is 1. The second kappa shape index (κ2) is 6.79. The molecule has 0 aliphatic rings. The largest absolute Gasteiger partial charge is 0.350 e. The van der Waals surface area contributed by atoms with E-state index in [9.17, 15) is 9.59 Å². The minimum atomic E-state index is -0.198.